The number of aryl methyl sites for hydroxylation is 1. The van der Waals surface area contributed by atoms with Gasteiger partial charge in [-0.1, -0.05) is 29.9 Å². The first-order chi connectivity index (χ1) is 20.2. The molecule has 2 aliphatic heterocycles. The molecule has 13 heteroatoms. The molecule has 0 atom stereocenters. The summed E-state index contributed by atoms with van der Waals surface area (Å²) in [6.45, 7) is 10.7. The predicted molar refractivity (Wildman–Crippen MR) is 166 cm³/mol. The summed E-state index contributed by atoms with van der Waals surface area (Å²) < 4.78 is 22.6. The molecular weight excluding hydrogens is 576 g/mol. The van der Waals surface area contributed by atoms with Crippen LogP contribution < -0.4 is 30.0 Å². The molecular formula is C29H39ClN6O5Si. The fraction of sp³-hybridized carbons (Fsp3) is 0.483. The van der Waals surface area contributed by atoms with Gasteiger partial charge in [0.25, 0.3) is 11.9 Å². The maximum absolute atomic E-state index is 13.1. The Labute approximate surface area is 252 Å². The van der Waals surface area contributed by atoms with E-state index >= 15 is 0 Å². The maximum atomic E-state index is 13.1. The molecule has 2 N–H and O–H groups in total. The van der Waals surface area contributed by atoms with Gasteiger partial charge in [0, 0.05) is 38.8 Å². The summed E-state index contributed by atoms with van der Waals surface area (Å²) in [7, 11) is 3.58. The summed E-state index contributed by atoms with van der Waals surface area (Å²) in [6, 6.07) is 8.31. The molecule has 1 fully saturated rings. The molecule has 0 saturated carbocycles. The van der Waals surface area contributed by atoms with Crippen LogP contribution in [0, 0.1) is 0 Å². The Kier molecular flexibility index (Phi) is 9.26. The van der Waals surface area contributed by atoms with Gasteiger partial charge in [-0.15, -0.1) is 0 Å². The van der Waals surface area contributed by atoms with Crippen LogP contribution >= 0.6 is 11.6 Å². The average molecular weight is 615 g/mol. The van der Waals surface area contributed by atoms with Gasteiger partial charge in [0.1, 0.15) is 5.75 Å². The number of fused-ring (bicyclic) bond motifs is 1. The minimum Gasteiger partial charge on any atom is -0.479 e. The Balaban J connectivity index is 1.22. The maximum Gasteiger partial charge on any atom is 0.291 e. The van der Waals surface area contributed by atoms with Gasteiger partial charge >= 0.3 is 0 Å². The van der Waals surface area contributed by atoms with Crippen molar-refractivity contribution in [2.75, 3.05) is 71.2 Å². The number of carbonyl (C=O) groups is 1. The molecule has 42 heavy (non-hydrogen) atoms. The van der Waals surface area contributed by atoms with Crippen LogP contribution in [-0.4, -0.2) is 94.3 Å². The Hall–Kier alpha value is -3.32. The molecule has 1 aromatic carbocycles. The smallest absolute Gasteiger partial charge is 0.291 e. The van der Waals surface area contributed by atoms with Gasteiger partial charge in [0.05, 0.1) is 27.3 Å². The first kappa shape index (κ1) is 30.1. The minimum atomic E-state index is -1.51. The van der Waals surface area contributed by atoms with Crippen molar-refractivity contribution in [2.24, 2.45) is 0 Å². The molecule has 11 nitrogen and oxygen atoms in total. The number of hydrogen-bond acceptors (Lipinski definition) is 10. The van der Waals surface area contributed by atoms with Crippen LogP contribution in [0.5, 0.6) is 23.5 Å². The molecule has 0 aliphatic carbocycles. The summed E-state index contributed by atoms with van der Waals surface area (Å²) >= 11 is 6.51. The monoisotopic (exact) mass is 614 g/mol. The van der Waals surface area contributed by atoms with Crippen LogP contribution in [0.3, 0.4) is 0 Å². The second-order valence-corrected chi connectivity index (χ2v) is 16.6. The highest BCUT2D eigenvalue weighted by Crippen LogP contribution is 2.36. The molecule has 5 rings (SSSR count). The number of amides is 1. The number of nitrogens with one attached hydrogen (secondary N) is 2. The molecule has 2 aromatic heterocycles. The van der Waals surface area contributed by atoms with E-state index in [0.29, 0.717) is 23.3 Å². The third-order valence-corrected chi connectivity index (χ3v) is 11.6. The van der Waals surface area contributed by atoms with Crippen LogP contribution in [0.4, 0.5) is 11.6 Å². The lowest BCUT2D eigenvalue weighted by atomic mass is 10.2. The third kappa shape index (κ3) is 6.83. The number of anilines is 2. The van der Waals surface area contributed by atoms with Gasteiger partial charge in [0.15, 0.2) is 11.4 Å². The van der Waals surface area contributed by atoms with Crippen LogP contribution in [0.15, 0.2) is 28.7 Å². The average Bonchev–Trinajstić information content (AvgIpc) is 3.56. The second-order valence-electron chi connectivity index (χ2n) is 11.4. The number of likely N-dealkylation sites (N-methyl/N-ethyl adjacent to an activating group) is 1. The number of piperazine rings is 1. The Morgan fingerprint density at radius 2 is 1.81 bits per heavy atom. The van der Waals surface area contributed by atoms with Crippen LogP contribution in [0.25, 0.3) is 0 Å². The molecule has 4 heterocycles. The molecule has 0 bridgehead atoms. The molecule has 1 amide bonds. The van der Waals surface area contributed by atoms with Gasteiger partial charge in [-0.25, -0.2) is 0 Å². The highest BCUT2D eigenvalue weighted by atomic mass is 35.5. The van der Waals surface area contributed by atoms with Crippen molar-refractivity contribution >= 4 is 42.4 Å². The summed E-state index contributed by atoms with van der Waals surface area (Å²) in [4.78, 5) is 26.8. The fourth-order valence-electron chi connectivity index (χ4n) is 5.35. The lowest BCUT2D eigenvalue weighted by Gasteiger charge is -2.32. The summed E-state index contributed by atoms with van der Waals surface area (Å²) in [5.41, 5.74) is 1.49. The van der Waals surface area contributed by atoms with Gasteiger partial charge in [0.2, 0.25) is 17.7 Å². The van der Waals surface area contributed by atoms with Crippen molar-refractivity contribution in [3.05, 3.63) is 40.6 Å². The van der Waals surface area contributed by atoms with Crippen molar-refractivity contribution < 1.29 is 23.4 Å². The number of benzene rings is 1. The van der Waals surface area contributed by atoms with Crippen LogP contribution in [0.2, 0.25) is 24.2 Å². The number of hydrogen-bond donors (Lipinski definition) is 2. The van der Waals surface area contributed by atoms with E-state index in [1.807, 2.05) is 12.1 Å². The first-order valence-corrected chi connectivity index (χ1v) is 17.8. The number of carbonyl (C=O) groups excluding carboxylic acids is 1. The largest absolute Gasteiger partial charge is 0.479 e. The van der Waals surface area contributed by atoms with E-state index in [9.17, 15) is 4.79 Å². The highest BCUT2D eigenvalue weighted by Gasteiger charge is 2.33. The number of ether oxygens (including phenoxy) is 3. The zero-order valence-corrected chi connectivity index (χ0v) is 26.6. The van der Waals surface area contributed by atoms with Gasteiger partial charge < -0.3 is 39.1 Å². The summed E-state index contributed by atoms with van der Waals surface area (Å²) in [5, 5.41) is 7.84. The van der Waals surface area contributed by atoms with Crippen molar-refractivity contribution in [1.82, 2.24) is 19.8 Å². The Morgan fingerprint density at radius 3 is 2.50 bits per heavy atom. The van der Waals surface area contributed by atoms with Crippen LogP contribution in [0.1, 0.15) is 22.5 Å². The standard InChI is InChI=1S/C29H39ClN6O5Si/c1-35-12-14-36(15-13-35)11-6-10-31-29-33-27(38-2)25(28(34-29)39-3)32-26(37)21-7-8-24(40-21)41-22-18-23-19(17-20(22)30)9-16-42(23,4)5/h7-8,17-18H,6,9-16H2,1-5H3,(H,32,37)(H,31,33,34). The van der Waals surface area contributed by atoms with E-state index in [2.05, 4.69) is 50.5 Å². The van der Waals surface area contributed by atoms with E-state index < -0.39 is 14.0 Å². The molecule has 2 aliphatic rings. The van der Waals surface area contributed by atoms with E-state index in [1.165, 1.54) is 37.1 Å². The van der Waals surface area contributed by atoms with Crippen molar-refractivity contribution in [2.45, 2.75) is 32.0 Å². The molecule has 0 unspecified atom stereocenters. The van der Waals surface area contributed by atoms with Gasteiger partial charge in [-0.05, 0) is 56.2 Å². The SMILES string of the molecule is COc1nc(NCCCN2CCN(C)CC2)nc(OC)c1NC(=O)c1ccc(Oc2cc3c(cc2Cl)CC[Si]3(C)C)o1. The van der Waals surface area contributed by atoms with Gasteiger partial charge in [-0.2, -0.15) is 9.97 Å². The molecule has 3 aromatic rings. The zero-order valence-electron chi connectivity index (χ0n) is 24.9. The Morgan fingerprint density at radius 1 is 1.10 bits per heavy atom. The first-order valence-electron chi connectivity index (χ1n) is 14.2. The zero-order chi connectivity index (χ0) is 29.9. The fourth-order valence-corrected chi connectivity index (χ4v) is 8.33. The van der Waals surface area contributed by atoms with E-state index in [1.54, 1.807) is 6.07 Å². The highest BCUT2D eigenvalue weighted by molar-refractivity contribution is 6.91. The van der Waals surface area contributed by atoms with Crippen molar-refractivity contribution in [1.29, 1.82) is 0 Å². The van der Waals surface area contributed by atoms with Crippen LogP contribution in [-0.2, 0) is 6.42 Å². The van der Waals surface area contributed by atoms with Crippen molar-refractivity contribution in [3.8, 4) is 23.5 Å². The molecule has 226 valence electrons. The molecule has 1 saturated heterocycles. The quantitative estimate of drug-likeness (QED) is 0.239. The number of methoxy groups -OCH3 is 2. The number of aromatic nitrogens is 2. The van der Waals surface area contributed by atoms with Gasteiger partial charge in [-0.3, -0.25) is 4.79 Å². The van der Waals surface area contributed by atoms with E-state index in [-0.39, 0.29) is 29.2 Å². The van der Waals surface area contributed by atoms with E-state index in [4.69, 9.17) is 30.2 Å². The third-order valence-electron chi connectivity index (χ3n) is 7.92. The second kappa shape index (κ2) is 12.9. The topological polar surface area (TPSA) is 114 Å². The molecule has 0 spiro atoms. The lowest BCUT2D eigenvalue weighted by molar-refractivity contribution is 0.0990. The Bertz CT molecular complexity index is 1400. The van der Waals surface area contributed by atoms with Crippen molar-refractivity contribution in [3.63, 3.8) is 0 Å². The number of furan rings is 1. The summed E-state index contributed by atoms with van der Waals surface area (Å²) in [6.07, 6.45) is 1.99. The van der Waals surface area contributed by atoms with E-state index in [0.717, 1.165) is 45.6 Å². The summed E-state index contributed by atoms with van der Waals surface area (Å²) in [5.74, 6) is 0.853. The number of halogens is 1. The lowest BCUT2D eigenvalue weighted by Crippen LogP contribution is -2.44. The normalized spacial score (nSPS) is 16.6. The predicted octanol–water partition coefficient (Wildman–Crippen LogP) is 4.31. The number of nitrogens with zero attached hydrogens (tertiary/aromatic N) is 4. The molecule has 0 radical (unpaired) electrons. The minimum absolute atomic E-state index is 0.0344. The number of rotatable bonds is 11.